The quantitative estimate of drug-likeness (QED) is 0.769. The Bertz CT molecular complexity index is 405. The van der Waals surface area contributed by atoms with E-state index in [0.717, 1.165) is 24.5 Å². The summed E-state index contributed by atoms with van der Waals surface area (Å²) in [6, 6.07) is 7.85. The molecule has 0 unspecified atom stereocenters. The monoisotopic (exact) mass is 203 g/mol. The zero-order valence-electron chi connectivity index (χ0n) is 8.60. The Balaban J connectivity index is 2.31. The first-order chi connectivity index (χ1) is 7.24. The van der Waals surface area contributed by atoms with Crippen LogP contribution in [0.25, 0.3) is 0 Å². The molecule has 1 fully saturated rings. The van der Waals surface area contributed by atoms with Crippen LogP contribution in [0.3, 0.4) is 0 Å². The molecule has 2 rings (SSSR count). The molecule has 0 radical (unpaired) electrons. The van der Waals surface area contributed by atoms with Crippen molar-refractivity contribution in [3.05, 3.63) is 23.8 Å². The molecule has 15 heavy (non-hydrogen) atoms. The molecular weight excluding hydrogens is 190 g/mol. The van der Waals surface area contributed by atoms with Crippen molar-refractivity contribution in [3.63, 3.8) is 0 Å². The van der Waals surface area contributed by atoms with Crippen LogP contribution in [0.15, 0.2) is 18.2 Å². The molecule has 2 N–H and O–H groups in total. The summed E-state index contributed by atoms with van der Waals surface area (Å²) in [6.45, 7) is 1.61. The first-order valence-corrected chi connectivity index (χ1v) is 4.83. The zero-order valence-corrected chi connectivity index (χ0v) is 8.60. The van der Waals surface area contributed by atoms with Gasteiger partial charge in [-0.1, -0.05) is 0 Å². The van der Waals surface area contributed by atoms with Crippen LogP contribution in [-0.2, 0) is 0 Å². The number of nitrogens with two attached hydrogens (primary N) is 1. The fourth-order valence-electron chi connectivity index (χ4n) is 1.70. The lowest BCUT2D eigenvalue weighted by molar-refractivity contribution is 0.414. The third-order valence-corrected chi connectivity index (χ3v) is 2.58. The summed E-state index contributed by atoms with van der Waals surface area (Å²) in [5.74, 6) is 0.768. The van der Waals surface area contributed by atoms with Gasteiger partial charge in [0.15, 0.2) is 0 Å². The zero-order chi connectivity index (χ0) is 10.8. The second-order valence-electron chi connectivity index (χ2n) is 3.66. The first-order valence-electron chi connectivity index (χ1n) is 4.83. The van der Waals surface area contributed by atoms with E-state index in [1.165, 1.54) is 0 Å². The lowest BCUT2D eigenvalue weighted by Gasteiger charge is -2.39. The fraction of sp³-hybridized carbons (Fsp3) is 0.364. The smallest absolute Gasteiger partial charge is 0.121 e. The molecule has 0 saturated carbocycles. The number of hydrogen-bond acceptors (Lipinski definition) is 4. The standard InChI is InChI=1S/C11H13N3O/c1-15-10-3-2-8(5-12)11(4-10)14-6-9(13)7-14/h2-4,9H,6-7,13H2,1H3. The van der Waals surface area contributed by atoms with Gasteiger partial charge in [0.2, 0.25) is 0 Å². The normalized spacial score (nSPS) is 15.7. The van der Waals surface area contributed by atoms with Crippen LogP contribution in [-0.4, -0.2) is 26.2 Å². The molecule has 1 saturated heterocycles. The van der Waals surface area contributed by atoms with Gasteiger partial charge in [0.25, 0.3) is 0 Å². The van der Waals surface area contributed by atoms with Crippen molar-refractivity contribution in [1.29, 1.82) is 5.26 Å². The number of hydrogen-bond donors (Lipinski definition) is 1. The molecule has 1 aromatic rings. The Kier molecular flexibility index (Phi) is 2.48. The number of nitriles is 1. The molecular formula is C11H13N3O. The van der Waals surface area contributed by atoms with Gasteiger partial charge in [-0.25, -0.2) is 0 Å². The maximum absolute atomic E-state index is 8.97. The molecule has 4 heteroatoms. The average Bonchev–Trinajstić information content (AvgIpc) is 2.24. The molecule has 1 aliphatic heterocycles. The minimum absolute atomic E-state index is 0.225. The summed E-state index contributed by atoms with van der Waals surface area (Å²) in [5.41, 5.74) is 7.30. The van der Waals surface area contributed by atoms with Gasteiger partial charge in [-0.2, -0.15) is 5.26 Å². The molecule has 0 aliphatic carbocycles. The van der Waals surface area contributed by atoms with Crippen molar-refractivity contribution in [2.45, 2.75) is 6.04 Å². The molecule has 1 aromatic carbocycles. The van der Waals surface area contributed by atoms with Crippen LogP contribution in [0.1, 0.15) is 5.56 Å². The highest BCUT2D eigenvalue weighted by Gasteiger charge is 2.25. The van der Waals surface area contributed by atoms with Crippen LogP contribution in [0, 0.1) is 11.3 Å². The Morgan fingerprint density at radius 3 is 2.80 bits per heavy atom. The molecule has 0 bridgehead atoms. The molecule has 78 valence electrons. The van der Waals surface area contributed by atoms with E-state index in [-0.39, 0.29) is 6.04 Å². The van der Waals surface area contributed by atoms with E-state index in [0.29, 0.717) is 5.56 Å². The first kappa shape index (κ1) is 9.81. The number of methoxy groups -OCH3 is 1. The minimum Gasteiger partial charge on any atom is -0.497 e. The fourth-order valence-corrected chi connectivity index (χ4v) is 1.70. The van der Waals surface area contributed by atoms with Crippen LogP contribution < -0.4 is 15.4 Å². The van der Waals surface area contributed by atoms with Gasteiger partial charge < -0.3 is 15.4 Å². The predicted octanol–water partition coefficient (Wildman–Crippen LogP) is 0.714. The lowest BCUT2D eigenvalue weighted by Crippen LogP contribution is -2.56. The summed E-state index contributed by atoms with van der Waals surface area (Å²) in [6.07, 6.45) is 0. The highest BCUT2D eigenvalue weighted by atomic mass is 16.5. The maximum atomic E-state index is 8.97. The van der Waals surface area contributed by atoms with Crippen molar-refractivity contribution >= 4 is 5.69 Å². The number of benzene rings is 1. The van der Waals surface area contributed by atoms with Gasteiger partial charge in [0, 0.05) is 25.2 Å². The van der Waals surface area contributed by atoms with Gasteiger partial charge in [-0.05, 0) is 12.1 Å². The van der Waals surface area contributed by atoms with Crippen LogP contribution in [0.2, 0.25) is 0 Å². The van der Waals surface area contributed by atoms with Crippen molar-refractivity contribution in [1.82, 2.24) is 0 Å². The molecule has 4 nitrogen and oxygen atoms in total. The third kappa shape index (κ3) is 1.74. The summed E-state index contributed by atoms with van der Waals surface area (Å²) in [4.78, 5) is 2.09. The molecule has 0 atom stereocenters. The Hall–Kier alpha value is -1.73. The Labute approximate surface area is 88.9 Å². The highest BCUT2D eigenvalue weighted by Crippen LogP contribution is 2.28. The van der Waals surface area contributed by atoms with Gasteiger partial charge >= 0.3 is 0 Å². The van der Waals surface area contributed by atoms with E-state index in [4.69, 9.17) is 15.7 Å². The van der Waals surface area contributed by atoms with E-state index >= 15 is 0 Å². The lowest BCUT2D eigenvalue weighted by atomic mass is 10.1. The van der Waals surface area contributed by atoms with Crippen LogP contribution >= 0.6 is 0 Å². The summed E-state index contributed by atoms with van der Waals surface area (Å²) in [7, 11) is 1.62. The third-order valence-electron chi connectivity index (χ3n) is 2.58. The molecule has 0 amide bonds. The number of rotatable bonds is 2. The van der Waals surface area contributed by atoms with E-state index < -0.39 is 0 Å². The topological polar surface area (TPSA) is 62.3 Å². The van der Waals surface area contributed by atoms with E-state index in [9.17, 15) is 0 Å². The molecule has 0 aromatic heterocycles. The van der Waals surface area contributed by atoms with E-state index in [2.05, 4.69) is 11.0 Å². The average molecular weight is 203 g/mol. The summed E-state index contributed by atoms with van der Waals surface area (Å²) >= 11 is 0. The van der Waals surface area contributed by atoms with Crippen molar-refractivity contribution in [2.75, 3.05) is 25.1 Å². The Morgan fingerprint density at radius 2 is 2.27 bits per heavy atom. The van der Waals surface area contributed by atoms with Gasteiger partial charge in [-0.3, -0.25) is 0 Å². The van der Waals surface area contributed by atoms with Gasteiger partial charge in [0.05, 0.1) is 18.4 Å². The van der Waals surface area contributed by atoms with Crippen molar-refractivity contribution in [2.24, 2.45) is 5.73 Å². The van der Waals surface area contributed by atoms with Gasteiger partial charge in [0.1, 0.15) is 11.8 Å². The van der Waals surface area contributed by atoms with Gasteiger partial charge in [-0.15, -0.1) is 0 Å². The highest BCUT2D eigenvalue weighted by molar-refractivity contribution is 5.63. The van der Waals surface area contributed by atoms with Crippen molar-refractivity contribution < 1.29 is 4.74 Å². The van der Waals surface area contributed by atoms with E-state index in [1.807, 2.05) is 6.07 Å². The number of anilines is 1. The molecule has 0 spiro atoms. The minimum atomic E-state index is 0.225. The second kappa shape index (κ2) is 3.79. The molecule has 1 heterocycles. The SMILES string of the molecule is COc1ccc(C#N)c(N2CC(N)C2)c1. The summed E-state index contributed by atoms with van der Waals surface area (Å²) in [5, 5.41) is 8.97. The number of nitrogens with zero attached hydrogens (tertiary/aromatic N) is 2. The Morgan fingerprint density at radius 1 is 1.53 bits per heavy atom. The summed E-state index contributed by atoms with van der Waals surface area (Å²) < 4.78 is 5.13. The van der Waals surface area contributed by atoms with E-state index in [1.54, 1.807) is 19.2 Å². The predicted molar refractivity (Wildman–Crippen MR) is 57.9 cm³/mol. The van der Waals surface area contributed by atoms with Crippen LogP contribution in [0.4, 0.5) is 5.69 Å². The number of ether oxygens (including phenoxy) is 1. The largest absolute Gasteiger partial charge is 0.497 e. The maximum Gasteiger partial charge on any atom is 0.121 e. The molecule has 1 aliphatic rings. The second-order valence-corrected chi connectivity index (χ2v) is 3.66. The van der Waals surface area contributed by atoms with Crippen LogP contribution in [0.5, 0.6) is 5.75 Å². The van der Waals surface area contributed by atoms with Crippen molar-refractivity contribution in [3.8, 4) is 11.8 Å².